The van der Waals surface area contributed by atoms with Gasteiger partial charge in [0.2, 0.25) is 5.91 Å². The van der Waals surface area contributed by atoms with Crippen molar-refractivity contribution in [2.24, 2.45) is 0 Å². The van der Waals surface area contributed by atoms with Gasteiger partial charge in [-0.1, -0.05) is 42.5 Å². The summed E-state index contributed by atoms with van der Waals surface area (Å²) in [5.74, 6) is -0.454. The van der Waals surface area contributed by atoms with Crippen LogP contribution in [0.2, 0.25) is 0 Å². The topological polar surface area (TPSA) is 71.3 Å². The Morgan fingerprint density at radius 3 is 2.15 bits per heavy atom. The van der Waals surface area contributed by atoms with Crippen molar-refractivity contribution in [3.63, 3.8) is 0 Å². The summed E-state index contributed by atoms with van der Waals surface area (Å²) in [6.07, 6.45) is 2.96. The minimum atomic E-state index is -0.382. The van der Waals surface area contributed by atoms with Crippen molar-refractivity contribution >= 4 is 28.8 Å². The second kappa shape index (κ2) is 7.98. The smallest absolute Gasteiger partial charge is 0.291 e. The first-order valence-electron chi connectivity index (χ1n) is 8.12. The maximum Gasteiger partial charge on any atom is 0.291 e. The Hall–Kier alpha value is -3.60. The number of rotatable bonds is 5. The Labute approximate surface area is 151 Å². The number of anilines is 2. The largest absolute Gasteiger partial charge is 0.459 e. The summed E-state index contributed by atoms with van der Waals surface area (Å²) in [5.41, 5.74) is 2.82. The number of furan rings is 1. The van der Waals surface area contributed by atoms with Crippen LogP contribution in [0.5, 0.6) is 0 Å². The molecule has 0 aliphatic carbocycles. The van der Waals surface area contributed by atoms with E-state index in [0.29, 0.717) is 11.4 Å². The quantitative estimate of drug-likeness (QED) is 0.665. The zero-order chi connectivity index (χ0) is 18.4. The van der Waals surface area contributed by atoms with Crippen LogP contribution in [0.1, 0.15) is 23.0 Å². The van der Waals surface area contributed by atoms with Gasteiger partial charge in [-0.3, -0.25) is 9.59 Å². The Morgan fingerprint density at radius 2 is 1.50 bits per heavy atom. The van der Waals surface area contributed by atoms with Crippen molar-refractivity contribution in [1.29, 1.82) is 0 Å². The molecule has 3 aromatic rings. The zero-order valence-corrected chi connectivity index (χ0v) is 14.2. The highest BCUT2D eigenvalue weighted by atomic mass is 16.3. The molecular formula is C21H18N2O3. The van der Waals surface area contributed by atoms with Gasteiger partial charge >= 0.3 is 0 Å². The van der Waals surface area contributed by atoms with Crippen molar-refractivity contribution in [3.8, 4) is 0 Å². The van der Waals surface area contributed by atoms with Crippen LogP contribution < -0.4 is 10.6 Å². The van der Waals surface area contributed by atoms with E-state index in [2.05, 4.69) is 10.6 Å². The molecule has 26 heavy (non-hydrogen) atoms. The van der Waals surface area contributed by atoms with Crippen molar-refractivity contribution in [2.75, 3.05) is 10.6 Å². The standard InChI is InChI=1S/C21H18N2O3/c1-15(16-8-3-2-4-9-16)14-20(24)22-17-10-5-6-11-18(17)23-21(25)19-12-7-13-26-19/h2-14H,1H3,(H,22,24)(H,23,25)/b15-14+. The second-order valence-electron chi connectivity index (χ2n) is 5.66. The van der Waals surface area contributed by atoms with Gasteiger partial charge in [-0.2, -0.15) is 0 Å². The summed E-state index contributed by atoms with van der Waals surface area (Å²) in [7, 11) is 0. The Bertz CT molecular complexity index is 929. The summed E-state index contributed by atoms with van der Waals surface area (Å²) >= 11 is 0. The second-order valence-corrected chi connectivity index (χ2v) is 5.66. The Morgan fingerprint density at radius 1 is 0.846 bits per heavy atom. The van der Waals surface area contributed by atoms with Crippen LogP contribution in [0, 0.1) is 0 Å². The molecule has 0 saturated carbocycles. The monoisotopic (exact) mass is 346 g/mol. The lowest BCUT2D eigenvalue weighted by Gasteiger charge is -2.11. The van der Waals surface area contributed by atoms with Crippen LogP contribution in [-0.4, -0.2) is 11.8 Å². The number of hydrogen-bond donors (Lipinski definition) is 2. The lowest BCUT2D eigenvalue weighted by Crippen LogP contribution is -2.15. The fourth-order valence-electron chi connectivity index (χ4n) is 2.44. The summed E-state index contributed by atoms with van der Waals surface area (Å²) < 4.78 is 5.08. The van der Waals surface area contributed by atoms with E-state index in [1.54, 1.807) is 36.4 Å². The molecule has 5 nitrogen and oxygen atoms in total. The van der Waals surface area contributed by atoms with E-state index in [1.807, 2.05) is 37.3 Å². The third kappa shape index (κ3) is 4.27. The number of amides is 2. The lowest BCUT2D eigenvalue weighted by molar-refractivity contribution is -0.111. The first kappa shape index (κ1) is 17.2. The molecule has 0 spiro atoms. The maximum atomic E-state index is 12.3. The van der Waals surface area contributed by atoms with E-state index in [1.165, 1.54) is 12.3 Å². The van der Waals surface area contributed by atoms with Gasteiger partial charge in [-0.15, -0.1) is 0 Å². The first-order chi connectivity index (χ1) is 12.6. The van der Waals surface area contributed by atoms with Gasteiger partial charge in [-0.25, -0.2) is 0 Å². The molecule has 0 atom stereocenters. The average molecular weight is 346 g/mol. The van der Waals surface area contributed by atoms with E-state index >= 15 is 0 Å². The van der Waals surface area contributed by atoms with Crippen LogP contribution in [-0.2, 0) is 4.79 Å². The maximum absolute atomic E-state index is 12.3. The highest BCUT2D eigenvalue weighted by Gasteiger charge is 2.12. The van der Waals surface area contributed by atoms with E-state index < -0.39 is 0 Å². The molecule has 2 N–H and O–H groups in total. The van der Waals surface area contributed by atoms with Gasteiger partial charge in [0, 0.05) is 6.08 Å². The fraction of sp³-hybridized carbons (Fsp3) is 0.0476. The van der Waals surface area contributed by atoms with Gasteiger partial charge in [0.05, 0.1) is 17.6 Å². The van der Waals surface area contributed by atoms with Crippen molar-refractivity contribution < 1.29 is 14.0 Å². The third-order valence-electron chi connectivity index (χ3n) is 3.75. The summed E-state index contributed by atoms with van der Waals surface area (Å²) in [6.45, 7) is 1.87. The van der Waals surface area contributed by atoms with E-state index in [0.717, 1.165) is 11.1 Å². The zero-order valence-electron chi connectivity index (χ0n) is 14.2. The predicted molar refractivity (Wildman–Crippen MR) is 102 cm³/mol. The Balaban J connectivity index is 1.74. The number of carbonyl (C=O) groups excluding carboxylic acids is 2. The number of carbonyl (C=O) groups is 2. The number of allylic oxidation sites excluding steroid dienone is 1. The lowest BCUT2D eigenvalue weighted by atomic mass is 10.1. The highest BCUT2D eigenvalue weighted by molar-refractivity contribution is 6.08. The molecule has 0 unspecified atom stereocenters. The third-order valence-corrected chi connectivity index (χ3v) is 3.75. The van der Waals surface area contributed by atoms with Gasteiger partial charge in [0.1, 0.15) is 0 Å². The summed E-state index contributed by atoms with van der Waals surface area (Å²) in [5, 5.41) is 5.54. The van der Waals surface area contributed by atoms with Crippen LogP contribution >= 0.6 is 0 Å². The SMILES string of the molecule is C/C(=C\C(=O)Nc1ccccc1NC(=O)c1ccco1)c1ccccc1. The first-order valence-corrected chi connectivity index (χ1v) is 8.12. The molecule has 2 amide bonds. The normalized spacial score (nSPS) is 11.0. The Kier molecular flexibility index (Phi) is 5.29. The van der Waals surface area contributed by atoms with Crippen molar-refractivity contribution in [1.82, 2.24) is 0 Å². The molecule has 1 aromatic heterocycles. The minimum absolute atomic E-state index is 0.200. The number of para-hydroxylation sites is 2. The molecule has 5 heteroatoms. The van der Waals surface area contributed by atoms with Crippen molar-refractivity contribution in [3.05, 3.63) is 90.4 Å². The van der Waals surface area contributed by atoms with Crippen LogP contribution in [0.4, 0.5) is 11.4 Å². The van der Waals surface area contributed by atoms with Crippen LogP contribution in [0.15, 0.2) is 83.5 Å². The van der Waals surface area contributed by atoms with Crippen LogP contribution in [0.25, 0.3) is 5.57 Å². The summed E-state index contributed by atoms with van der Waals surface area (Å²) in [6, 6.07) is 19.9. The average Bonchev–Trinajstić information content (AvgIpc) is 3.19. The number of hydrogen-bond acceptors (Lipinski definition) is 3. The predicted octanol–water partition coefficient (Wildman–Crippen LogP) is 4.57. The van der Waals surface area contributed by atoms with E-state index in [9.17, 15) is 9.59 Å². The highest BCUT2D eigenvalue weighted by Crippen LogP contribution is 2.22. The van der Waals surface area contributed by atoms with Crippen LogP contribution in [0.3, 0.4) is 0 Å². The minimum Gasteiger partial charge on any atom is -0.459 e. The summed E-state index contributed by atoms with van der Waals surface area (Å²) in [4.78, 5) is 24.5. The van der Waals surface area contributed by atoms with Gasteiger partial charge in [0.15, 0.2) is 5.76 Å². The molecule has 3 rings (SSSR count). The molecule has 0 fully saturated rings. The van der Waals surface area contributed by atoms with E-state index in [4.69, 9.17) is 4.42 Å². The molecule has 0 aliphatic heterocycles. The molecule has 0 aliphatic rings. The molecule has 0 bridgehead atoms. The molecule has 1 heterocycles. The molecule has 0 saturated heterocycles. The molecular weight excluding hydrogens is 328 g/mol. The van der Waals surface area contributed by atoms with Gasteiger partial charge in [0.25, 0.3) is 5.91 Å². The number of benzene rings is 2. The molecule has 0 radical (unpaired) electrons. The molecule has 2 aromatic carbocycles. The van der Waals surface area contributed by atoms with Gasteiger partial charge in [-0.05, 0) is 42.3 Å². The molecule has 130 valence electrons. The van der Waals surface area contributed by atoms with E-state index in [-0.39, 0.29) is 17.6 Å². The number of nitrogens with one attached hydrogen (secondary N) is 2. The fourth-order valence-corrected chi connectivity index (χ4v) is 2.44. The van der Waals surface area contributed by atoms with Crippen molar-refractivity contribution in [2.45, 2.75) is 6.92 Å². The van der Waals surface area contributed by atoms with Gasteiger partial charge < -0.3 is 15.1 Å².